The van der Waals surface area contributed by atoms with Crippen LogP contribution < -0.4 is 0 Å². The lowest BCUT2D eigenvalue weighted by atomic mass is 10.0. The van der Waals surface area contributed by atoms with Gasteiger partial charge < -0.3 is 4.42 Å². The lowest BCUT2D eigenvalue weighted by Crippen LogP contribution is -1.82. The van der Waals surface area contributed by atoms with Crippen molar-refractivity contribution in [1.82, 2.24) is 0 Å². The molecule has 90 valence electrons. The van der Waals surface area contributed by atoms with Gasteiger partial charge in [0.1, 0.15) is 0 Å². The van der Waals surface area contributed by atoms with Crippen LogP contribution in [0.2, 0.25) is 0 Å². The second kappa shape index (κ2) is 4.83. The number of hydrogen-bond acceptors (Lipinski definition) is 2. The van der Waals surface area contributed by atoms with Gasteiger partial charge in [0.2, 0.25) is 0 Å². The van der Waals surface area contributed by atoms with Gasteiger partial charge in [-0.15, -0.1) is 0 Å². The summed E-state index contributed by atoms with van der Waals surface area (Å²) >= 11 is 0. The molecule has 0 aliphatic carbocycles. The van der Waals surface area contributed by atoms with Crippen molar-refractivity contribution in [3.05, 3.63) is 72.2 Å². The maximum atomic E-state index is 9.30. The molecule has 1 heterocycles. The molecule has 0 bridgehead atoms. The Bertz CT molecular complexity index is 776. The number of benzene rings is 2. The first-order valence-electron chi connectivity index (χ1n) is 6.00. The zero-order valence-corrected chi connectivity index (χ0v) is 10.2. The van der Waals surface area contributed by atoms with Crippen LogP contribution in [-0.4, -0.2) is 0 Å². The van der Waals surface area contributed by atoms with Gasteiger partial charge in [-0.1, -0.05) is 36.4 Å². The van der Waals surface area contributed by atoms with Gasteiger partial charge in [0.05, 0.1) is 24.2 Å². The Hall–Kier alpha value is -2.79. The molecule has 1 aromatic heterocycles. The number of fused-ring (bicyclic) bond motifs is 1. The van der Waals surface area contributed by atoms with E-state index in [4.69, 9.17) is 4.42 Å². The molecule has 0 atom stereocenters. The number of allylic oxidation sites excluding steroid dienone is 1. The topological polar surface area (TPSA) is 36.9 Å². The van der Waals surface area contributed by atoms with E-state index in [2.05, 4.69) is 12.1 Å². The summed E-state index contributed by atoms with van der Waals surface area (Å²) in [6.07, 6.45) is 5.05. The molecule has 0 radical (unpaired) electrons. The average molecular weight is 245 g/mol. The molecule has 0 saturated carbocycles. The van der Waals surface area contributed by atoms with Crippen molar-refractivity contribution in [3.8, 4) is 6.07 Å². The largest absolute Gasteiger partial charge is 0.472 e. The highest BCUT2D eigenvalue weighted by Crippen LogP contribution is 2.22. The molecule has 0 fully saturated rings. The van der Waals surface area contributed by atoms with Crippen LogP contribution in [0.25, 0.3) is 22.4 Å². The Kier molecular flexibility index (Phi) is 2.88. The van der Waals surface area contributed by atoms with Crippen molar-refractivity contribution in [2.45, 2.75) is 0 Å². The molecule has 0 saturated heterocycles. The van der Waals surface area contributed by atoms with Gasteiger partial charge in [-0.05, 0) is 34.5 Å². The number of hydrogen-bond donors (Lipinski definition) is 0. The molecule has 3 rings (SSSR count). The van der Waals surface area contributed by atoms with Gasteiger partial charge in [-0.25, -0.2) is 0 Å². The van der Waals surface area contributed by atoms with Crippen molar-refractivity contribution in [3.63, 3.8) is 0 Å². The lowest BCUT2D eigenvalue weighted by Gasteiger charge is -2.02. The van der Waals surface area contributed by atoms with Gasteiger partial charge >= 0.3 is 0 Å². The van der Waals surface area contributed by atoms with Crippen LogP contribution in [0.15, 0.2) is 65.5 Å². The van der Waals surface area contributed by atoms with Crippen molar-refractivity contribution in [2.24, 2.45) is 0 Å². The monoisotopic (exact) mass is 245 g/mol. The second-order valence-corrected chi connectivity index (χ2v) is 4.29. The number of furan rings is 1. The van der Waals surface area contributed by atoms with Gasteiger partial charge in [0.15, 0.2) is 0 Å². The summed E-state index contributed by atoms with van der Waals surface area (Å²) in [5.74, 6) is 0. The molecule has 0 N–H and O–H groups in total. The molecule has 0 aliphatic rings. The smallest absolute Gasteiger partial charge is 0.0998 e. The van der Waals surface area contributed by atoms with E-state index >= 15 is 0 Å². The highest BCUT2D eigenvalue weighted by molar-refractivity contribution is 5.94. The Morgan fingerprint density at radius 2 is 1.89 bits per heavy atom. The standard InChI is InChI=1S/C17H11NO/c18-11-17(9-13-7-8-19-12-13)16-6-5-14-3-1-2-4-15(14)10-16/h1-10,12H/b17-9-. The van der Waals surface area contributed by atoms with E-state index in [9.17, 15) is 5.26 Å². The maximum Gasteiger partial charge on any atom is 0.0998 e. The van der Waals surface area contributed by atoms with E-state index in [0.717, 1.165) is 16.5 Å². The average Bonchev–Trinajstić information content (AvgIpc) is 2.97. The lowest BCUT2D eigenvalue weighted by molar-refractivity contribution is 0.567. The van der Waals surface area contributed by atoms with Crippen LogP contribution >= 0.6 is 0 Å². The molecule has 2 heteroatoms. The minimum absolute atomic E-state index is 0.632. The first-order valence-corrected chi connectivity index (χ1v) is 6.00. The van der Waals surface area contributed by atoms with Gasteiger partial charge in [-0.2, -0.15) is 5.26 Å². The first-order chi connectivity index (χ1) is 9.36. The number of nitriles is 1. The Morgan fingerprint density at radius 3 is 2.63 bits per heavy atom. The quantitative estimate of drug-likeness (QED) is 0.623. The van der Waals surface area contributed by atoms with E-state index in [1.165, 1.54) is 5.39 Å². The molecule has 3 aromatic rings. The van der Waals surface area contributed by atoms with E-state index in [1.807, 2.05) is 48.5 Å². The number of nitrogens with zero attached hydrogens (tertiary/aromatic N) is 1. The fraction of sp³-hybridized carbons (Fsp3) is 0. The predicted octanol–water partition coefficient (Wildman–Crippen LogP) is 4.50. The zero-order chi connectivity index (χ0) is 13.1. The summed E-state index contributed by atoms with van der Waals surface area (Å²) in [6.45, 7) is 0. The van der Waals surface area contributed by atoms with E-state index < -0.39 is 0 Å². The van der Waals surface area contributed by atoms with Gasteiger partial charge in [0.25, 0.3) is 0 Å². The maximum absolute atomic E-state index is 9.30. The van der Waals surface area contributed by atoms with Crippen LogP contribution in [0, 0.1) is 11.3 Å². The van der Waals surface area contributed by atoms with Crippen LogP contribution in [0.3, 0.4) is 0 Å². The summed E-state index contributed by atoms with van der Waals surface area (Å²) in [5.41, 5.74) is 2.44. The molecular formula is C17H11NO. The fourth-order valence-corrected chi connectivity index (χ4v) is 2.06. The van der Waals surface area contributed by atoms with Crippen LogP contribution in [0.4, 0.5) is 0 Å². The molecular weight excluding hydrogens is 234 g/mol. The molecule has 0 aliphatic heterocycles. The van der Waals surface area contributed by atoms with E-state index in [-0.39, 0.29) is 0 Å². The summed E-state index contributed by atoms with van der Waals surface area (Å²) in [6, 6.07) is 18.2. The van der Waals surface area contributed by atoms with Crippen molar-refractivity contribution >= 4 is 22.4 Å². The van der Waals surface area contributed by atoms with Crippen molar-refractivity contribution in [2.75, 3.05) is 0 Å². The molecule has 19 heavy (non-hydrogen) atoms. The van der Waals surface area contributed by atoms with Crippen molar-refractivity contribution in [1.29, 1.82) is 5.26 Å². The van der Waals surface area contributed by atoms with Crippen LogP contribution in [0.5, 0.6) is 0 Å². The summed E-state index contributed by atoms with van der Waals surface area (Å²) in [7, 11) is 0. The fourth-order valence-electron chi connectivity index (χ4n) is 2.06. The SMILES string of the molecule is N#C/C(=C/c1ccoc1)c1ccc2ccccc2c1. The minimum Gasteiger partial charge on any atom is -0.472 e. The molecule has 2 nitrogen and oxygen atoms in total. The normalized spacial score (nSPS) is 11.4. The molecule has 0 spiro atoms. The Balaban J connectivity index is 2.10. The molecule has 2 aromatic carbocycles. The Morgan fingerprint density at radius 1 is 1.05 bits per heavy atom. The summed E-state index contributed by atoms with van der Waals surface area (Å²) < 4.78 is 5.01. The van der Waals surface area contributed by atoms with Gasteiger partial charge in [0, 0.05) is 5.56 Å². The predicted molar refractivity (Wildman–Crippen MR) is 76.1 cm³/mol. The summed E-state index contributed by atoms with van der Waals surface area (Å²) in [4.78, 5) is 0. The third-order valence-electron chi connectivity index (χ3n) is 3.04. The minimum atomic E-state index is 0.632. The van der Waals surface area contributed by atoms with Crippen molar-refractivity contribution < 1.29 is 4.42 Å². The number of rotatable bonds is 2. The van der Waals surface area contributed by atoms with E-state index in [0.29, 0.717) is 5.57 Å². The van der Waals surface area contributed by atoms with Gasteiger partial charge in [-0.3, -0.25) is 0 Å². The third kappa shape index (κ3) is 2.27. The molecule has 0 unspecified atom stereocenters. The molecule has 0 amide bonds. The van der Waals surface area contributed by atoms with Crippen LogP contribution in [0.1, 0.15) is 11.1 Å². The highest BCUT2D eigenvalue weighted by Gasteiger charge is 2.03. The van der Waals surface area contributed by atoms with E-state index in [1.54, 1.807) is 12.5 Å². The third-order valence-corrected chi connectivity index (χ3v) is 3.04. The van der Waals surface area contributed by atoms with Crippen LogP contribution in [-0.2, 0) is 0 Å². The zero-order valence-electron chi connectivity index (χ0n) is 10.2. The summed E-state index contributed by atoms with van der Waals surface area (Å²) in [5, 5.41) is 11.6. The first kappa shape index (κ1) is 11.3. The Labute approximate surface area is 111 Å². The highest BCUT2D eigenvalue weighted by atomic mass is 16.3. The second-order valence-electron chi connectivity index (χ2n) is 4.29.